The number of carbonyl (C=O) groups excluding carboxylic acids is 4. The van der Waals surface area contributed by atoms with E-state index in [1.165, 1.54) is 30.6 Å². The summed E-state index contributed by atoms with van der Waals surface area (Å²) in [6.45, 7) is 59.0. The molecule has 0 saturated heterocycles. The smallest absolute Gasteiger partial charge is 0.187 e. The maximum atomic E-state index is 13.0. The summed E-state index contributed by atoms with van der Waals surface area (Å²) in [6.07, 6.45) is 9.95. The predicted octanol–water partition coefficient (Wildman–Crippen LogP) is 18.7. The van der Waals surface area contributed by atoms with Gasteiger partial charge in [-0.05, 0) is 143 Å². The zero-order valence-corrected chi connectivity index (χ0v) is 76.4. The van der Waals surface area contributed by atoms with E-state index in [1.54, 1.807) is 70.1 Å². The van der Waals surface area contributed by atoms with Gasteiger partial charge >= 0.3 is 0 Å². The van der Waals surface area contributed by atoms with Gasteiger partial charge in [-0.25, -0.2) is 14.8 Å². The molecule has 12 aromatic rings. The van der Waals surface area contributed by atoms with E-state index in [-0.39, 0.29) is 48.8 Å². The van der Waals surface area contributed by atoms with Gasteiger partial charge < -0.3 is 0 Å². The highest BCUT2D eigenvalue weighted by Crippen LogP contribution is 2.46. The number of ketones is 4. The Morgan fingerprint density at radius 1 is 0.350 bits per heavy atom. The van der Waals surface area contributed by atoms with Crippen molar-refractivity contribution in [2.24, 2.45) is 41.6 Å². The third kappa shape index (κ3) is 17.0. The van der Waals surface area contributed by atoms with Crippen molar-refractivity contribution in [3.63, 3.8) is 0 Å². The zero-order chi connectivity index (χ0) is 87.0. The first kappa shape index (κ1) is 86.6. The highest BCUT2D eigenvalue weighted by Gasteiger charge is 2.41. The van der Waals surface area contributed by atoms with Gasteiger partial charge in [0.05, 0.1) is 41.8 Å². The van der Waals surface area contributed by atoms with E-state index in [0.717, 1.165) is 133 Å². The average molecular weight is 1680 g/mol. The first-order valence-electron chi connectivity index (χ1n) is 40.0. The van der Waals surface area contributed by atoms with Crippen molar-refractivity contribution in [3.05, 3.63) is 229 Å². The van der Waals surface area contributed by atoms with Crippen molar-refractivity contribution in [1.82, 2.24) is 84.2 Å². The third-order valence-corrected chi connectivity index (χ3v) is 27.0. The number of carbonyl (C=O) groups is 4. The molecule has 16 rings (SSSR count). The van der Waals surface area contributed by atoms with Crippen LogP contribution in [0.5, 0.6) is 0 Å². The van der Waals surface area contributed by atoms with Crippen molar-refractivity contribution in [2.45, 2.75) is 230 Å². The molecular formula is C90H102N22O4S4. The number of aromatic nitrogens is 17. The molecule has 0 N–H and O–H groups in total. The van der Waals surface area contributed by atoms with Crippen LogP contribution in [0.15, 0.2) is 93.4 Å². The molecule has 0 unspecified atom stereocenters. The fraction of sp³-hybridized carbons (Fsp3) is 0.422. The Bertz CT molecular complexity index is 6010. The normalized spacial score (nSPS) is 15.9. The number of aryl methyl sites for hydroxylation is 10. The summed E-state index contributed by atoms with van der Waals surface area (Å²) in [5, 5.41) is 47.2. The molecule has 4 atom stereocenters. The number of thiophene rings is 4. The predicted molar refractivity (Wildman–Crippen MR) is 474 cm³/mol. The molecule has 0 aliphatic carbocycles. The van der Waals surface area contributed by atoms with E-state index in [4.69, 9.17) is 26.5 Å². The molecule has 15 heterocycles. The number of pyridine rings is 1. The molecule has 30 heteroatoms. The first-order valence-corrected chi connectivity index (χ1v) is 43.2. The maximum Gasteiger partial charge on any atom is 0.187 e. The highest BCUT2D eigenvalue weighted by atomic mass is 32.1. The SMILES string of the molecule is Cc1ccc(C2=N[C@@H](CC(=O)C(C)(C)C)c3nnc(C)n3-c3sc(C)c(C)c32)cn1.Cc1ncc(C2=N[C@@H](CC(=O)C(C)(C)C)c3nnc(C)n3-c3sc(C)c(C)c32)cn1.Cc1sc2c(c1C)C(c1ccnnc1)=N[C@@H](CC(=O)C(C)(C)C)c1nnc(C)n1-2.[C-]#[N+]c1ccc(C2=N[C@@H](CC(=O)C(C)(C)C)c3nnc(C)n3-c3sc(C)c(C)c32)cc1. The van der Waals surface area contributed by atoms with E-state index in [1.807, 2.05) is 167 Å². The molecule has 1 aromatic carbocycles. The molecule has 26 nitrogen and oxygen atoms in total. The number of hydrogen-bond donors (Lipinski definition) is 0. The van der Waals surface area contributed by atoms with E-state index >= 15 is 0 Å². The van der Waals surface area contributed by atoms with Gasteiger partial charge in [0.2, 0.25) is 0 Å². The van der Waals surface area contributed by atoms with Crippen LogP contribution in [0.3, 0.4) is 0 Å². The van der Waals surface area contributed by atoms with Crippen LogP contribution in [0.1, 0.15) is 277 Å². The number of rotatable bonds is 12. The van der Waals surface area contributed by atoms with E-state index < -0.39 is 45.8 Å². The van der Waals surface area contributed by atoms with E-state index in [2.05, 4.69) is 151 Å². The van der Waals surface area contributed by atoms with Gasteiger partial charge in [-0.2, -0.15) is 10.2 Å². The summed E-state index contributed by atoms with van der Waals surface area (Å²) in [6, 6.07) is 11.8. The van der Waals surface area contributed by atoms with E-state index in [9.17, 15) is 19.2 Å². The number of Topliss-reactive ketones (excluding diaryl/α,β-unsaturated/α-hetero) is 4. The molecule has 11 aromatic heterocycles. The van der Waals surface area contributed by atoms with Crippen LogP contribution >= 0.6 is 45.3 Å². The second-order valence-electron chi connectivity index (χ2n) is 35.1. The quantitative estimate of drug-likeness (QED) is 0.103. The van der Waals surface area contributed by atoms with Crippen LogP contribution < -0.4 is 0 Å². The van der Waals surface area contributed by atoms with Crippen molar-refractivity contribution in [1.29, 1.82) is 0 Å². The molecular weight excluding hydrogens is 1580 g/mol. The Hall–Kier alpha value is -11.3. The number of hydrogen-bond acceptors (Lipinski definition) is 25. The molecule has 0 amide bonds. The Labute approximate surface area is 716 Å². The van der Waals surface area contributed by atoms with Crippen LogP contribution in [0.25, 0.3) is 24.8 Å². The van der Waals surface area contributed by atoms with Crippen LogP contribution in [-0.2, 0) is 19.2 Å². The molecule has 0 radical (unpaired) electrons. The second-order valence-corrected chi connectivity index (χ2v) is 39.9. The molecule has 4 aliphatic rings. The van der Waals surface area contributed by atoms with Gasteiger partial charge in [-0.1, -0.05) is 107 Å². The number of aliphatic imine (C=N–C) groups is 4. The largest absolute Gasteiger partial charge is 0.299 e. The Kier molecular flexibility index (Phi) is 24.1. The number of benzene rings is 1. The summed E-state index contributed by atoms with van der Waals surface area (Å²) >= 11 is 6.80. The van der Waals surface area contributed by atoms with Crippen LogP contribution in [0, 0.1) is 125 Å². The standard InChI is InChI=1S/C24H25N5OS.C23H27N5OS.C22H26N6OS.C21H24N6OS/c1-13-14(2)31-23-20(13)21(16-8-10-17(25-7)11-9-16)26-18(12-19(30)24(4,5)6)22-28-27-15(3)29(22)23;1-12-8-9-16(11-24-12)20-19-13(2)14(3)30-22(19)28-15(4)26-27-21(28)17(25-20)10-18(29)23(5,6)7;1-11-12(2)30-21-18(11)19(15-9-23-13(3)24-10-15)25-16(8-17(29)22(5,6)7)20-27-26-14(4)28(20)21;1-11-12(2)29-20-17(11)18(14-7-8-22-23-10-14)24-15(9-16(28)21(4,5)6)19-26-25-13(3)27(19)20/h8-11,18H,12H2,1-6H3;8-9,11,17H,10H2,1-7H3;9-10,16H,8H2,1-7H3;7-8,10,15H,9H2,1-6H3/t18-;17-;16-;15-/m0000/s1. The van der Waals surface area contributed by atoms with Crippen molar-refractivity contribution < 1.29 is 19.2 Å². The average Bonchev–Trinajstić information content (AvgIpc) is 1.61. The lowest BCUT2D eigenvalue weighted by Crippen LogP contribution is -2.23. The zero-order valence-electron chi connectivity index (χ0n) is 73.2. The molecule has 120 heavy (non-hydrogen) atoms. The van der Waals surface area contributed by atoms with Crippen LogP contribution in [-0.4, -0.2) is 130 Å². The van der Waals surface area contributed by atoms with Crippen molar-refractivity contribution in [2.75, 3.05) is 0 Å². The number of fused-ring (bicyclic) bond motifs is 12. The summed E-state index contributed by atoms with van der Waals surface area (Å²) in [5.41, 5.74) is 15.6. The van der Waals surface area contributed by atoms with Gasteiger partial charge in [0.1, 0.15) is 96.4 Å². The van der Waals surface area contributed by atoms with Crippen LogP contribution in [0.4, 0.5) is 5.69 Å². The molecule has 620 valence electrons. The topological polar surface area (TPSA) is 309 Å². The Morgan fingerprint density at radius 2 is 0.633 bits per heavy atom. The van der Waals surface area contributed by atoms with Gasteiger partial charge in [-0.3, -0.25) is 62.4 Å². The minimum Gasteiger partial charge on any atom is -0.299 e. The number of nitrogens with zero attached hydrogens (tertiary/aromatic N) is 22. The van der Waals surface area contributed by atoms with E-state index in [0.29, 0.717) is 29.0 Å². The maximum absolute atomic E-state index is 13.0. The summed E-state index contributed by atoms with van der Waals surface area (Å²) in [5.74, 6) is 7.28. The van der Waals surface area contributed by atoms with Gasteiger partial charge in [0.15, 0.2) is 29.0 Å². The molecule has 0 fully saturated rings. The fourth-order valence-corrected chi connectivity index (χ4v) is 19.1. The van der Waals surface area contributed by atoms with Gasteiger partial charge in [0.25, 0.3) is 0 Å². The Balaban J connectivity index is 0.000000138. The molecule has 4 aliphatic heterocycles. The Morgan fingerprint density at radius 3 is 0.908 bits per heavy atom. The third-order valence-electron chi connectivity index (χ3n) is 22.2. The fourth-order valence-electron chi connectivity index (χ4n) is 14.3. The summed E-state index contributed by atoms with van der Waals surface area (Å²) in [4.78, 5) is 93.8. The molecule has 0 spiro atoms. The van der Waals surface area contributed by atoms with Crippen molar-refractivity contribution in [3.8, 4) is 20.0 Å². The lowest BCUT2D eigenvalue weighted by Gasteiger charge is -2.19. The minimum absolute atomic E-state index is 0.134. The molecule has 0 bridgehead atoms. The monoisotopic (exact) mass is 1680 g/mol. The summed E-state index contributed by atoms with van der Waals surface area (Å²) in [7, 11) is 0. The molecule has 0 saturated carbocycles. The summed E-state index contributed by atoms with van der Waals surface area (Å²) < 4.78 is 8.27. The van der Waals surface area contributed by atoms with Gasteiger partial charge in [0, 0.05) is 130 Å². The lowest BCUT2D eigenvalue weighted by molar-refractivity contribution is -0.127. The minimum atomic E-state index is -0.462. The first-order chi connectivity index (χ1) is 56.4. The van der Waals surface area contributed by atoms with Crippen molar-refractivity contribution >= 4 is 97.0 Å². The van der Waals surface area contributed by atoms with Gasteiger partial charge in [-0.15, -0.1) is 86.1 Å². The second kappa shape index (κ2) is 33.4. The highest BCUT2D eigenvalue weighted by molar-refractivity contribution is 7.16. The van der Waals surface area contributed by atoms with Crippen LogP contribution in [0.2, 0.25) is 0 Å². The lowest BCUT2D eigenvalue weighted by atomic mass is 9.87.